The molecule has 2 aromatic rings. The Labute approximate surface area is 161 Å². The van der Waals surface area contributed by atoms with Crippen molar-refractivity contribution in [3.05, 3.63) is 65.5 Å². The summed E-state index contributed by atoms with van der Waals surface area (Å²) in [6.45, 7) is 4.16. The van der Waals surface area contributed by atoms with Crippen molar-refractivity contribution in [3.8, 4) is 5.75 Å². The Hall–Kier alpha value is -2.60. The zero-order valence-electron chi connectivity index (χ0n) is 16.5. The van der Waals surface area contributed by atoms with Gasteiger partial charge in [0.2, 0.25) is 0 Å². The van der Waals surface area contributed by atoms with E-state index < -0.39 is 0 Å². The maximum Gasteiger partial charge on any atom is 0.191 e. The highest BCUT2D eigenvalue weighted by Crippen LogP contribution is 2.12. The van der Waals surface area contributed by atoms with Crippen molar-refractivity contribution in [2.75, 3.05) is 27.7 Å². The number of rotatable bonds is 8. The normalized spacial score (nSPS) is 12.7. The molecule has 0 aliphatic carbocycles. The van der Waals surface area contributed by atoms with E-state index in [0.717, 1.165) is 6.54 Å². The summed E-state index contributed by atoms with van der Waals surface area (Å²) < 4.78 is 18.7. The van der Waals surface area contributed by atoms with Crippen LogP contribution >= 0.6 is 0 Å². The SMILES string of the molecule is CN=C(NCc1ccc(CN(C)C)cc1)NCC(C)Oc1ccc(F)cc1. The number of ether oxygens (including phenoxy) is 1. The summed E-state index contributed by atoms with van der Waals surface area (Å²) in [6, 6.07) is 14.6. The van der Waals surface area contributed by atoms with Gasteiger partial charge in [0.05, 0.1) is 6.54 Å². The van der Waals surface area contributed by atoms with Crippen LogP contribution in [0.3, 0.4) is 0 Å². The molecule has 1 atom stereocenters. The van der Waals surface area contributed by atoms with E-state index in [9.17, 15) is 4.39 Å². The molecule has 0 fully saturated rings. The van der Waals surface area contributed by atoms with Crippen molar-refractivity contribution >= 4 is 5.96 Å². The molecule has 0 heterocycles. The lowest BCUT2D eigenvalue weighted by Gasteiger charge is -2.18. The molecule has 6 heteroatoms. The third-order valence-corrected chi connectivity index (χ3v) is 3.91. The zero-order valence-corrected chi connectivity index (χ0v) is 16.5. The third kappa shape index (κ3) is 7.66. The number of aliphatic imine (C=N–C) groups is 1. The van der Waals surface area contributed by atoms with Crippen LogP contribution in [-0.2, 0) is 13.1 Å². The van der Waals surface area contributed by atoms with Gasteiger partial charge in [-0.15, -0.1) is 0 Å². The molecule has 5 nitrogen and oxygen atoms in total. The Balaban J connectivity index is 1.75. The van der Waals surface area contributed by atoms with Gasteiger partial charge < -0.3 is 20.3 Å². The van der Waals surface area contributed by atoms with Crippen molar-refractivity contribution in [2.45, 2.75) is 26.1 Å². The average molecular weight is 372 g/mol. The molecular formula is C21H29FN4O. The van der Waals surface area contributed by atoms with Crippen LogP contribution in [0.5, 0.6) is 5.75 Å². The highest BCUT2D eigenvalue weighted by atomic mass is 19.1. The van der Waals surface area contributed by atoms with Crippen LogP contribution in [0.25, 0.3) is 0 Å². The first-order chi connectivity index (χ1) is 13.0. The quantitative estimate of drug-likeness (QED) is 0.552. The third-order valence-electron chi connectivity index (χ3n) is 3.91. The van der Waals surface area contributed by atoms with Crippen molar-refractivity contribution < 1.29 is 9.13 Å². The molecule has 0 aliphatic rings. The van der Waals surface area contributed by atoms with Crippen LogP contribution in [0.1, 0.15) is 18.1 Å². The second-order valence-electron chi connectivity index (χ2n) is 6.74. The molecule has 27 heavy (non-hydrogen) atoms. The molecule has 0 amide bonds. The number of guanidine groups is 1. The first kappa shape index (κ1) is 20.7. The minimum atomic E-state index is -0.271. The van der Waals surface area contributed by atoms with Crippen LogP contribution in [0.4, 0.5) is 4.39 Å². The Morgan fingerprint density at radius 1 is 1.04 bits per heavy atom. The minimum absolute atomic E-state index is 0.0840. The maximum atomic E-state index is 12.9. The minimum Gasteiger partial charge on any atom is -0.489 e. The molecule has 0 aromatic heterocycles. The van der Waals surface area contributed by atoms with Crippen molar-refractivity contribution in [3.63, 3.8) is 0 Å². The van der Waals surface area contributed by atoms with E-state index in [1.54, 1.807) is 19.2 Å². The van der Waals surface area contributed by atoms with Crippen LogP contribution in [0.2, 0.25) is 0 Å². The van der Waals surface area contributed by atoms with Crippen molar-refractivity contribution in [2.24, 2.45) is 4.99 Å². The Bertz CT molecular complexity index is 714. The fourth-order valence-corrected chi connectivity index (χ4v) is 2.56. The summed E-state index contributed by atoms with van der Waals surface area (Å²) in [6.07, 6.45) is -0.0840. The summed E-state index contributed by atoms with van der Waals surface area (Å²) in [5.41, 5.74) is 2.48. The van der Waals surface area contributed by atoms with Gasteiger partial charge in [-0.05, 0) is 56.4 Å². The van der Waals surface area contributed by atoms with Gasteiger partial charge in [-0.1, -0.05) is 24.3 Å². The van der Waals surface area contributed by atoms with Crippen LogP contribution in [0, 0.1) is 5.82 Å². The number of halogens is 1. The molecule has 146 valence electrons. The molecule has 0 spiro atoms. The van der Waals surface area contributed by atoms with E-state index in [1.807, 2.05) is 6.92 Å². The van der Waals surface area contributed by atoms with E-state index in [4.69, 9.17) is 4.74 Å². The molecule has 2 rings (SSSR count). The Kier molecular flexibility index (Phi) is 8.07. The molecule has 0 bridgehead atoms. The predicted molar refractivity (Wildman–Crippen MR) is 109 cm³/mol. The van der Waals surface area contributed by atoms with Gasteiger partial charge in [-0.25, -0.2) is 4.39 Å². The smallest absolute Gasteiger partial charge is 0.191 e. The summed E-state index contributed by atoms with van der Waals surface area (Å²) in [5.74, 6) is 1.08. The fourth-order valence-electron chi connectivity index (χ4n) is 2.56. The molecule has 0 saturated heterocycles. The molecule has 0 saturated carbocycles. The summed E-state index contributed by atoms with van der Waals surface area (Å²) in [7, 11) is 5.86. The number of nitrogens with zero attached hydrogens (tertiary/aromatic N) is 2. The lowest BCUT2D eigenvalue weighted by atomic mass is 10.1. The number of hydrogen-bond acceptors (Lipinski definition) is 3. The second-order valence-corrected chi connectivity index (χ2v) is 6.74. The van der Waals surface area contributed by atoms with Gasteiger partial charge >= 0.3 is 0 Å². The summed E-state index contributed by atoms with van der Waals surface area (Å²) >= 11 is 0. The van der Waals surface area contributed by atoms with Crippen LogP contribution < -0.4 is 15.4 Å². The lowest BCUT2D eigenvalue weighted by Crippen LogP contribution is -2.41. The number of benzene rings is 2. The van der Waals surface area contributed by atoms with Gasteiger partial charge in [0, 0.05) is 20.1 Å². The average Bonchev–Trinajstić information content (AvgIpc) is 2.64. The van der Waals surface area contributed by atoms with Crippen molar-refractivity contribution in [1.29, 1.82) is 0 Å². The summed E-state index contributed by atoms with van der Waals surface area (Å²) in [5, 5.41) is 6.54. The zero-order chi connectivity index (χ0) is 19.6. The van der Waals surface area contributed by atoms with Crippen LogP contribution in [0.15, 0.2) is 53.5 Å². The predicted octanol–water partition coefficient (Wildman–Crippen LogP) is 3.02. The topological polar surface area (TPSA) is 48.9 Å². The van der Waals surface area contributed by atoms with E-state index in [0.29, 0.717) is 24.8 Å². The van der Waals surface area contributed by atoms with Gasteiger partial charge in [-0.2, -0.15) is 0 Å². The fraction of sp³-hybridized carbons (Fsp3) is 0.381. The highest BCUT2D eigenvalue weighted by Gasteiger charge is 2.06. The molecule has 1 unspecified atom stereocenters. The number of hydrogen-bond donors (Lipinski definition) is 2. The molecular weight excluding hydrogens is 343 g/mol. The van der Waals surface area contributed by atoms with Crippen LogP contribution in [-0.4, -0.2) is 44.7 Å². The molecule has 2 aromatic carbocycles. The monoisotopic (exact) mass is 372 g/mol. The van der Waals surface area contributed by atoms with Gasteiger partial charge in [0.25, 0.3) is 0 Å². The van der Waals surface area contributed by atoms with E-state index in [1.165, 1.54) is 23.3 Å². The van der Waals surface area contributed by atoms with E-state index >= 15 is 0 Å². The first-order valence-corrected chi connectivity index (χ1v) is 9.05. The Morgan fingerprint density at radius 2 is 1.67 bits per heavy atom. The molecule has 0 radical (unpaired) electrons. The summed E-state index contributed by atoms with van der Waals surface area (Å²) in [4.78, 5) is 6.38. The standard InChI is InChI=1S/C21H29FN4O/c1-16(27-20-11-9-19(22)10-12-20)13-24-21(23-2)25-14-17-5-7-18(8-6-17)15-26(3)4/h5-12,16H,13-15H2,1-4H3,(H2,23,24,25). The van der Waals surface area contributed by atoms with Crippen molar-refractivity contribution in [1.82, 2.24) is 15.5 Å². The molecule has 2 N–H and O–H groups in total. The second kappa shape index (κ2) is 10.5. The largest absolute Gasteiger partial charge is 0.489 e. The van der Waals surface area contributed by atoms with E-state index in [2.05, 4.69) is 58.9 Å². The molecule has 0 aliphatic heterocycles. The van der Waals surface area contributed by atoms with E-state index in [-0.39, 0.29) is 11.9 Å². The first-order valence-electron chi connectivity index (χ1n) is 9.05. The van der Waals surface area contributed by atoms with Gasteiger partial charge in [0.1, 0.15) is 17.7 Å². The number of nitrogens with one attached hydrogen (secondary N) is 2. The highest BCUT2D eigenvalue weighted by molar-refractivity contribution is 5.79. The van der Waals surface area contributed by atoms with Gasteiger partial charge in [0.15, 0.2) is 5.96 Å². The maximum absolute atomic E-state index is 12.9. The lowest BCUT2D eigenvalue weighted by molar-refractivity contribution is 0.223. The van der Waals surface area contributed by atoms with Gasteiger partial charge in [-0.3, -0.25) is 4.99 Å². The Morgan fingerprint density at radius 3 is 2.26 bits per heavy atom.